The van der Waals surface area contributed by atoms with Gasteiger partial charge in [-0.3, -0.25) is 0 Å². The van der Waals surface area contributed by atoms with Gasteiger partial charge in [0.25, 0.3) is 0 Å². The zero-order chi connectivity index (χ0) is 15.7. The van der Waals surface area contributed by atoms with E-state index in [4.69, 9.17) is 11.5 Å². The molecule has 0 atom stereocenters. The second kappa shape index (κ2) is 5.84. The molecule has 2 aromatic rings. The molecule has 7 nitrogen and oxygen atoms in total. The van der Waals surface area contributed by atoms with Crippen LogP contribution >= 0.6 is 0 Å². The summed E-state index contributed by atoms with van der Waals surface area (Å²) in [5, 5.41) is 3.22. The zero-order valence-corrected chi connectivity index (χ0v) is 12.9. The largest absolute Gasteiger partial charge is 0.368 e. The molecule has 0 unspecified atom stereocenters. The normalized spacial score (nSPS) is 20.5. The molecule has 2 heterocycles. The van der Waals surface area contributed by atoms with Crippen LogP contribution in [0.2, 0.25) is 0 Å². The summed E-state index contributed by atoms with van der Waals surface area (Å²) in [4.78, 5) is 17.3. The van der Waals surface area contributed by atoms with E-state index < -0.39 is 0 Å². The first kappa shape index (κ1) is 14.6. The molecule has 3 rings (SSSR count). The summed E-state index contributed by atoms with van der Waals surface area (Å²) in [5.41, 5.74) is 14.5. The van der Waals surface area contributed by atoms with Crippen LogP contribution in [0, 0.1) is 13.8 Å². The van der Waals surface area contributed by atoms with Crippen LogP contribution in [0.4, 0.5) is 11.8 Å². The lowest BCUT2D eigenvalue weighted by molar-refractivity contribution is 0.345. The molecule has 0 aromatic carbocycles. The van der Waals surface area contributed by atoms with Crippen molar-refractivity contribution >= 4 is 11.8 Å². The van der Waals surface area contributed by atoms with Gasteiger partial charge < -0.3 is 16.8 Å². The Morgan fingerprint density at radius 1 is 1.09 bits per heavy atom. The van der Waals surface area contributed by atoms with E-state index >= 15 is 0 Å². The lowest BCUT2D eigenvalue weighted by atomic mass is 9.78. The Bertz CT molecular complexity index is 659. The highest BCUT2D eigenvalue weighted by Crippen LogP contribution is 2.35. The molecule has 1 aliphatic carbocycles. The summed E-state index contributed by atoms with van der Waals surface area (Å²) in [5.74, 6) is 2.10. The Balaban J connectivity index is 1.72. The number of nitrogens with two attached hydrogens (primary N) is 2. The number of aromatic nitrogens is 4. The Kier molecular flexibility index (Phi) is 3.89. The van der Waals surface area contributed by atoms with Gasteiger partial charge >= 0.3 is 0 Å². The molecule has 2 aromatic heterocycles. The standard InChI is InChI=1S/C15H21N7/c1-8-3-9(2)20-14(19-8)7-18-13-6-12(21-15(17)22-13)10-4-11(16)5-10/h3,6,10-11H,4-5,7,16H2,1-2H3,(H3,17,18,21,22). The van der Waals surface area contributed by atoms with Crippen molar-refractivity contribution < 1.29 is 0 Å². The number of anilines is 2. The monoisotopic (exact) mass is 299 g/mol. The molecule has 0 radical (unpaired) electrons. The fourth-order valence-corrected chi connectivity index (χ4v) is 2.74. The van der Waals surface area contributed by atoms with Gasteiger partial charge in [-0.1, -0.05) is 0 Å². The number of aryl methyl sites for hydroxylation is 2. The third kappa shape index (κ3) is 3.30. The second-order valence-electron chi connectivity index (χ2n) is 5.89. The van der Waals surface area contributed by atoms with Crippen molar-refractivity contribution in [1.29, 1.82) is 0 Å². The Hall–Kier alpha value is -2.28. The third-order valence-corrected chi connectivity index (χ3v) is 3.81. The minimum Gasteiger partial charge on any atom is -0.368 e. The van der Waals surface area contributed by atoms with Crippen LogP contribution in [0.25, 0.3) is 0 Å². The van der Waals surface area contributed by atoms with Gasteiger partial charge in [-0.2, -0.15) is 4.98 Å². The van der Waals surface area contributed by atoms with Crippen molar-refractivity contribution in [2.24, 2.45) is 5.73 Å². The van der Waals surface area contributed by atoms with Gasteiger partial charge in [-0.05, 0) is 32.8 Å². The van der Waals surface area contributed by atoms with Crippen LogP contribution in [0.5, 0.6) is 0 Å². The van der Waals surface area contributed by atoms with Crippen LogP contribution in [0.15, 0.2) is 12.1 Å². The highest BCUT2D eigenvalue weighted by Gasteiger charge is 2.29. The molecule has 0 spiro atoms. The minimum atomic E-state index is 0.279. The fourth-order valence-electron chi connectivity index (χ4n) is 2.74. The second-order valence-corrected chi connectivity index (χ2v) is 5.89. The fraction of sp³-hybridized carbons (Fsp3) is 0.467. The van der Waals surface area contributed by atoms with Crippen LogP contribution in [-0.4, -0.2) is 26.0 Å². The van der Waals surface area contributed by atoms with Gasteiger partial charge in [-0.25, -0.2) is 15.0 Å². The molecule has 0 amide bonds. The number of nitrogens with zero attached hydrogens (tertiary/aromatic N) is 4. The Labute approximate surface area is 129 Å². The zero-order valence-electron chi connectivity index (χ0n) is 12.9. The summed E-state index contributed by atoms with van der Waals surface area (Å²) < 4.78 is 0. The Morgan fingerprint density at radius 3 is 2.41 bits per heavy atom. The van der Waals surface area contributed by atoms with Crippen molar-refractivity contribution in [3.05, 3.63) is 35.0 Å². The molecule has 1 saturated carbocycles. The van der Waals surface area contributed by atoms with Crippen LogP contribution in [0.1, 0.15) is 41.7 Å². The lowest BCUT2D eigenvalue weighted by Crippen LogP contribution is -2.35. The molecular weight excluding hydrogens is 278 g/mol. The van der Waals surface area contributed by atoms with Gasteiger partial charge in [0.05, 0.1) is 12.2 Å². The van der Waals surface area contributed by atoms with Gasteiger partial charge in [-0.15, -0.1) is 0 Å². The average Bonchev–Trinajstić information content (AvgIpc) is 2.40. The van der Waals surface area contributed by atoms with Crippen molar-refractivity contribution in [1.82, 2.24) is 19.9 Å². The smallest absolute Gasteiger partial charge is 0.222 e. The van der Waals surface area contributed by atoms with E-state index in [1.165, 1.54) is 0 Å². The lowest BCUT2D eigenvalue weighted by Gasteiger charge is -2.32. The molecule has 0 saturated heterocycles. The minimum absolute atomic E-state index is 0.279. The highest BCUT2D eigenvalue weighted by atomic mass is 15.1. The maximum atomic E-state index is 5.84. The van der Waals surface area contributed by atoms with E-state index in [9.17, 15) is 0 Å². The summed E-state index contributed by atoms with van der Waals surface area (Å²) in [6.07, 6.45) is 1.91. The average molecular weight is 299 g/mol. The van der Waals surface area contributed by atoms with E-state index in [-0.39, 0.29) is 12.0 Å². The Morgan fingerprint density at radius 2 is 1.77 bits per heavy atom. The predicted octanol–water partition coefficient (Wildman–Crippen LogP) is 1.28. The van der Waals surface area contributed by atoms with Crippen LogP contribution in [0.3, 0.4) is 0 Å². The summed E-state index contributed by atoms with van der Waals surface area (Å²) in [7, 11) is 0. The quantitative estimate of drug-likeness (QED) is 0.778. The maximum absolute atomic E-state index is 5.84. The van der Waals surface area contributed by atoms with E-state index in [0.717, 1.165) is 35.7 Å². The van der Waals surface area contributed by atoms with E-state index in [0.29, 0.717) is 18.3 Å². The first-order valence-electron chi connectivity index (χ1n) is 7.44. The van der Waals surface area contributed by atoms with Gasteiger partial charge in [0.15, 0.2) is 0 Å². The van der Waals surface area contributed by atoms with E-state index in [1.807, 2.05) is 26.0 Å². The molecule has 22 heavy (non-hydrogen) atoms. The van der Waals surface area contributed by atoms with Crippen molar-refractivity contribution in [3.63, 3.8) is 0 Å². The number of hydrogen-bond acceptors (Lipinski definition) is 7. The molecule has 5 N–H and O–H groups in total. The number of nitrogens with one attached hydrogen (secondary N) is 1. The molecule has 1 aliphatic rings. The number of hydrogen-bond donors (Lipinski definition) is 3. The van der Waals surface area contributed by atoms with Crippen LogP contribution < -0.4 is 16.8 Å². The first-order chi connectivity index (χ1) is 10.5. The van der Waals surface area contributed by atoms with Gasteiger partial charge in [0.1, 0.15) is 11.6 Å². The van der Waals surface area contributed by atoms with Gasteiger partial charge in [0, 0.05) is 29.4 Å². The predicted molar refractivity (Wildman–Crippen MR) is 85.2 cm³/mol. The summed E-state index contributed by atoms with van der Waals surface area (Å²) >= 11 is 0. The first-order valence-corrected chi connectivity index (χ1v) is 7.44. The van der Waals surface area contributed by atoms with Crippen molar-refractivity contribution in [2.45, 2.75) is 45.2 Å². The third-order valence-electron chi connectivity index (χ3n) is 3.81. The van der Waals surface area contributed by atoms with Gasteiger partial charge in [0.2, 0.25) is 5.95 Å². The molecule has 0 aliphatic heterocycles. The number of rotatable bonds is 4. The van der Waals surface area contributed by atoms with Crippen molar-refractivity contribution in [2.75, 3.05) is 11.1 Å². The molecule has 7 heteroatoms. The molecule has 0 bridgehead atoms. The van der Waals surface area contributed by atoms with E-state index in [1.54, 1.807) is 0 Å². The SMILES string of the molecule is Cc1cc(C)nc(CNc2cc(C3CC(N)C3)nc(N)n2)n1. The molecule has 1 fully saturated rings. The summed E-state index contributed by atoms with van der Waals surface area (Å²) in [6.45, 7) is 4.42. The topological polar surface area (TPSA) is 116 Å². The highest BCUT2D eigenvalue weighted by molar-refractivity contribution is 5.42. The van der Waals surface area contributed by atoms with E-state index in [2.05, 4.69) is 25.3 Å². The molecule has 116 valence electrons. The number of nitrogen functional groups attached to an aromatic ring is 1. The van der Waals surface area contributed by atoms with Crippen LogP contribution in [-0.2, 0) is 6.54 Å². The molecular formula is C15H21N7. The summed E-state index contributed by atoms with van der Waals surface area (Å²) in [6, 6.07) is 4.17. The maximum Gasteiger partial charge on any atom is 0.222 e. The van der Waals surface area contributed by atoms with Crippen molar-refractivity contribution in [3.8, 4) is 0 Å².